The predicted molar refractivity (Wildman–Crippen MR) is 71.4 cm³/mol. The summed E-state index contributed by atoms with van der Waals surface area (Å²) in [5.74, 6) is -1.08. The topological polar surface area (TPSA) is 63.3 Å². The van der Waals surface area contributed by atoms with E-state index in [0.717, 1.165) is 11.8 Å². The van der Waals surface area contributed by atoms with Gasteiger partial charge >= 0.3 is 5.97 Å². The molecule has 16 heavy (non-hydrogen) atoms. The quantitative estimate of drug-likeness (QED) is 0.747. The van der Waals surface area contributed by atoms with Crippen molar-refractivity contribution in [2.24, 2.45) is 5.73 Å². The normalized spacial score (nSPS) is 14.1. The fraction of sp³-hybridized carbons (Fsp3) is 0.286. The Labute approximate surface area is 121 Å². The third-order valence-electron chi connectivity index (χ3n) is 1.24. The lowest BCUT2D eigenvalue weighted by Gasteiger charge is -2.06. The highest BCUT2D eigenvalue weighted by atomic mass is 35.5. The van der Waals surface area contributed by atoms with Gasteiger partial charge in [0.1, 0.15) is 10.5 Å². The maximum Gasteiger partial charge on any atom is 0.321 e. The molecule has 92 valence electrons. The number of carboxylic acids is 1. The van der Waals surface area contributed by atoms with Crippen LogP contribution in [-0.4, -0.2) is 22.9 Å². The van der Waals surface area contributed by atoms with Crippen LogP contribution in [0.15, 0.2) is 18.9 Å². The van der Waals surface area contributed by atoms with Gasteiger partial charge in [-0.3, -0.25) is 4.79 Å². The highest BCUT2D eigenvalue weighted by Crippen LogP contribution is 2.36. The van der Waals surface area contributed by atoms with Gasteiger partial charge in [0.25, 0.3) is 0 Å². The largest absolute Gasteiger partial charge is 0.480 e. The van der Waals surface area contributed by atoms with Crippen molar-refractivity contribution in [1.82, 2.24) is 0 Å². The number of carbonyl (C=O) groups is 1. The first-order valence-electron chi connectivity index (χ1n) is 3.65. The molecule has 0 amide bonds. The molecule has 0 spiro atoms. The van der Waals surface area contributed by atoms with E-state index in [-0.39, 0.29) is 24.7 Å². The van der Waals surface area contributed by atoms with Gasteiger partial charge in [-0.05, 0) is 0 Å². The van der Waals surface area contributed by atoms with E-state index < -0.39 is 12.0 Å². The van der Waals surface area contributed by atoms with Crippen LogP contribution in [0.2, 0.25) is 0 Å². The number of aliphatic carboxylic acids is 1. The van der Waals surface area contributed by atoms with E-state index in [1.54, 1.807) is 0 Å². The third-order valence-corrected chi connectivity index (χ3v) is 4.37. The lowest BCUT2D eigenvalue weighted by Crippen LogP contribution is -2.32. The summed E-state index contributed by atoms with van der Waals surface area (Å²) < 4.78 is -0.157. The molecule has 0 saturated carbocycles. The molecule has 0 aliphatic carbocycles. The fourth-order valence-electron chi connectivity index (χ4n) is 0.467. The monoisotopic (exact) mass is 343 g/mol. The van der Waals surface area contributed by atoms with Crippen LogP contribution in [0.3, 0.4) is 0 Å². The standard InChI is InChI=1S/C7H6Cl5NO2S/c8-3(5(10)11)4(9)6(12)16-1-2(13)7(14)15/h2H,1,13H2,(H,14,15)/b6-4+/t2-/m0/s1. The molecule has 0 heterocycles. The van der Waals surface area contributed by atoms with Gasteiger partial charge in [0.15, 0.2) is 0 Å². The molecule has 9 heteroatoms. The Bertz CT molecular complexity index is 340. The van der Waals surface area contributed by atoms with Gasteiger partial charge in [0.05, 0.1) is 14.4 Å². The molecule has 0 saturated heterocycles. The molecule has 0 bridgehead atoms. The van der Waals surface area contributed by atoms with Gasteiger partial charge in [-0.2, -0.15) is 0 Å². The summed E-state index contributed by atoms with van der Waals surface area (Å²) in [4.78, 5) is 10.4. The predicted octanol–water partition coefficient (Wildman–Crippen LogP) is 3.66. The van der Waals surface area contributed by atoms with Crippen LogP contribution in [0.5, 0.6) is 0 Å². The van der Waals surface area contributed by atoms with E-state index in [9.17, 15) is 4.79 Å². The highest BCUT2D eigenvalue weighted by molar-refractivity contribution is 8.04. The van der Waals surface area contributed by atoms with Gasteiger partial charge in [0, 0.05) is 5.75 Å². The molecule has 0 rings (SSSR count). The molecule has 1 atom stereocenters. The van der Waals surface area contributed by atoms with E-state index in [1.165, 1.54) is 0 Å². The molecule has 3 N–H and O–H groups in total. The number of rotatable bonds is 5. The Hall–Kier alpha value is 0.710. The van der Waals surface area contributed by atoms with Gasteiger partial charge in [0.2, 0.25) is 0 Å². The molecule has 0 unspecified atom stereocenters. The second kappa shape index (κ2) is 7.93. The number of carboxylic acid groups (broad SMARTS) is 1. The maximum atomic E-state index is 10.4. The minimum absolute atomic E-state index is 0.0501. The van der Waals surface area contributed by atoms with Crippen molar-refractivity contribution in [2.45, 2.75) is 6.04 Å². The molecule has 0 aliphatic heterocycles. The molecule has 0 radical (unpaired) electrons. The molecule has 0 aromatic heterocycles. The molecule has 0 aromatic carbocycles. The van der Waals surface area contributed by atoms with Crippen molar-refractivity contribution in [3.8, 4) is 0 Å². The SMILES string of the molecule is N[C@@H](CS/C(Cl)=C(/Cl)C(Cl)=C(Cl)Cl)C(=O)O. The smallest absolute Gasteiger partial charge is 0.321 e. The summed E-state index contributed by atoms with van der Waals surface area (Å²) in [5, 5.41) is 8.37. The van der Waals surface area contributed by atoms with Crippen molar-refractivity contribution in [3.63, 3.8) is 0 Å². The number of halogens is 5. The van der Waals surface area contributed by atoms with Gasteiger partial charge < -0.3 is 10.8 Å². The number of thioether (sulfide) groups is 1. The summed E-state index contributed by atoms with van der Waals surface area (Å²) >= 11 is 28.8. The first kappa shape index (κ1) is 16.7. The van der Waals surface area contributed by atoms with Crippen LogP contribution in [0.4, 0.5) is 0 Å². The number of nitrogens with two attached hydrogens (primary N) is 1. The average molecular weight is 345 g/mol. The zero-order chi connectivity index (χ0) is 12.9. The van der Waals surface area contributed by atoms with Crippen LogP contribution in [-0.2, 0) is 4.79 Å². The molecular weight excluding hydrogens is 339 g/mol. The van der Waals surface area contributed by atoms with Gasteiger partial charge in [-0.25, -0.2) is 0 Å². The van der Waals surface area contributed by atoms with Crippen LogP contribution in [0, 0.1) is 0 Å². The van der Waals surface area contributed by atoms with E-state index in [2.05, 4.69) is 0 Å². The van der Waals surface area contributed by atoms with Crippen LogP contribution in [0.25, 0.3) is 0 Å². The van der Waals surface area contributed by atoms with Crippen molar-refractivity contribution in [2.75, 3.05) is 5.75 Å². The molecular formula is C7H6Cl5NO2S. The maximum absolute atomic E-state index is 10.4. The second-order valence-corrected chi connectivity index (χ2v) is 5.76. The molecule has 0 aliphatic rings. The Kier molecular flexibility index (Phi) is 8.28. The second-order valence-electron chi connectivity index (χ2n) is 2.42. The summed E-state index contributed by atoms with van der Waals surface area (Å²) in [7, 11) is 0. The lowest BCUT2D eigenvalue weighted by molar-refractivity contribution is -0.137. The molecule has 0 aromatic rings. The zero-order valence-electron chi connectivity index (χ0n) is 7.52. The van der Waals surface area contributed by atoms with Gasteiger partial charge in [-0.1, -0.05) is 58.0 Å². The van der Waals surface area contributed by atoms with Gasteiger partial charge in [-0.15, -0.1) is 11.8 Å². The van der Waals surface area contributed by atoms with E-state index in [0.29, 0.717) is 0 Å². The summed E-state index contributed by atoms with van der Waals surface area (Å²) in [6.45, 7) is 0. The van der Waals surface area contributed by atoms with Crippen LogP contribution < -0.4 is 5.73 Å². The Morgan fingerprint density at radius 1 is 1.19 bits per heavy atom. The van der Waals surface area contributed by atoms with Crippen molar-refractivity contribution in [3.05, 3.63) is 18.9 Å². The minimum Gasteiger partial charge on any atom is -0.480 e. The average Bonchev–Trinajstić information content (AvgIpc) is 2.22. The van der Waals surface area contributed by atoms with Crippen molar-refractivity contribution in [1.29, 1.82) is 0 Å². The molecule has 0 fully saturated rings. The van der Waals surface area contributed by atoms with E-state index in [4.69, 9.17) is 68.8 Å². The van der Waals surface area contributed by atoms with Crippen LogP contribution in [0.1, 0.15) is 0 Å². The van der Waals surface area contributed by atoms with E-state index >= 15 is 0 Å². The Morgan fingerprint density at radius 3 is 2.06 bits per heavy atom. The van der Waals surface area contributed by atoms with Crippen molar-refractivity contribution < 1.29 is 9.90 Å². The minimum atomic E-state index is -1.13. The Balaban J connectivity index is 4.57. The number of hydrogen-bond acceptors (Lipinski definition) is 3. The first-order chi connectivity index (χ1) is 7.27. The third kappa shape index (κ3) is 5.87. The highest BCUT2D eigenvalue weighted by Gasteiger charge is 2.15. The number of hydrogen-bond donors (Lipinski definition) is 2. The first-order valence-corrected chi connectivity index (χ1v) is 6.52. The number of allylic oxidation sites excluding steroid dienone is 2. The summed E-state index contributed by atoms with van der Waals surface area (Å²) in [5.41, 5.74) is 5.26. The summed E-state index contributed by atoms with van der Waals surface area (Å²) in [6, 6.07) is -1.04. The summed E-state index contributed by atoms with van der Waals surface area (Å²) in [6.07, 6.45) is 0. The zero-order valence-corrected chi connectivity index (χ0v) is 12.1. The molecule has 3 nitrogen and oxygen atoms in total. The van der Waals surface area contributed by atoms with Crippen molar-refractivity contribution >= 4 is 75.7 Å². The fourth-order valence-corrected chi connectivity index (χ4v) is 2.19. The Morgan fingerprint density at radius 2 is 1.69 bits per heavy atom. The lowest BCUT2D eigenvalue weighted by atomic mass is 10.4. The van der Waals surface area contributed by atoms with Crippen LogP contribution >= 0.6 is 69.8 Å². The van der Waals surface area contributed by atoms with E-state index in [1.807, 2.05) is 0 Å².